The first kappa shape index (κ1) is 14.2. The summed E-state index contributed by atoms with van der Waals surface area (Å²) < 4.78 is 1.74. The standard InChI is InChI=1S/C16H16N4O2/c1-10(17)12-3-5-13(6-4-12)16-11(2)19-9-14(20(21)22)7-8-15(19)18-16/h3-10H,17H2,1-2H3. The van der Waals surface area contributed by atoms with Crippen LogP contribution in [0.5, 0.6) is 0 Å². The highest BCUT2D eigenvalue weighted by molar-refractivity contribution is 5.67. The molecule has 0 saturated heterocycles. The number of rotatable bonds is 3. The SMILES string of the molecule is Cc1c(-c2ccc(C(C)N)cc2)nc2ccc([N+](=O)[O-])cn12. The Morgan fingerprint density at radius 1 is 1.23 bits per heavy atom. The van der Waals surface area contributed by atoms with Crippen molar-refractivity contribution in [3.8, 4) is 11.3 Å². The number of hydrogen-bond donors (Lipinski definition) is 1. The van der Waals surface area contributed by atoms with E-state index in [4.69, 9.17) is 5.73 Å². The van der Waals surface area contributed by atoms with Gasteiger partial charge in [-0.05, 0) is 25.5 Å². The summed E-state index contributed by atoms with van der Waals surface area (Å²) in [6, 6.07) is 11.0. The van der Waals surface area contributed by atoms with E-state index >= 15 is 0 Å². The molecule has 0 saturated carbocycles. The Kier molecular flexibility index (Phi) is 3.38. The van der Waals surface area contributed by atoms with Gasteiger partial charge in [-0.3, -0.25) is 14.5 Å². The van der Waals surface area contributed by atoms with E-state index in [0.717, 1.165) is 22.5 Å². The summed E-state index contributed by atoms with van der Waals surface area (Å²) >= 11 is 0. The van der Waals surface area contributed by atoms with Crippen LogP contribution in [0.1, 0.15) is 24.2 Å². The van der Waals surface area contributed by atoms with Gasteiger partial charge < -0.3 is 5.73 Å². The molecule has 2 aromatic heterocycles. The van der Waals surface area contributed by atoms with Crippen LogP contribution in [-0.2, 0) is 0 Å². The normalized spacial score (nSPS) is 12.5. The lowest BCUT2D eigenvalue weighted by atomic mass is 10.0. The number of benzene rings is 1. The highest BCUT2D eigenvalue weighted by atomic mass is 16.6. The van der Waals surface area contributed by atoms with Crippen LogP contribution >= 0.6 is 0 Å². The molecule has 2 heterocycles. The maximum absolute atomic E-state index is 10.9. The van der Waals surface area contributed by atoms with Crippen molar-refractivity contribution in [3.05, 3.63) is 64.0 Å². The van der Waals surface area contributed by atoms with Gasteiger partial charge in [-0.2, -0.15) is 0 Å². The summed E-state index contributed by atoms with van der Waals surface area (Å²) in [5, 5.41) is 10.9. The molecule has 1 atom stereocenters. The van der Waals surface area contributed by atoms with Crippen molar-refractivity contribution in [2.75, 3.05) is 0 Å². The molecular weight excluding hydrogens is 280 g/mol. The summed E-state index contributed by atoms with van der Waals surface area (Å²) in [4.78, 5) is 15.1. The zero-order valence-corrected chi connectivity index (χ0v) is 12.4. The number of fused-ring (bicyclic) bond motifs is 1. The number of imidazole rings is 1. The largest absolute Gasteiger partial charge is 0.324 e. The summed E-state index contributed by atoms with van der Waals surface area (Å²) in [5.41, 5.74) is 10.3. The number of aryl methyl sites for hydroxylation is 1. The van der Waals surface area contributed by atoms with Crippen LogP contribution in [0.2, 0.25) is 0 Å². The molecule has 3 aromatic rings. The molecule has 0 aliphatic heterocycles. The molecule has 3 rings (SSSR count). The van der Waals surface area contributed by atoms with Crippen molar-refractivity contribution in [2.24, 2.45) is 5.73 Å². The van der Waals surface area contributed by atoms with Gasteiger partial charge in [0.15, 0.2) is 0 Å². The lowest BCUT2D eigenvalue weighted by Crippen LogP contribution is -2.04. The predicted octanol–water partition coefficient (Wildman–Crippen LogP) is 3.24. The molecule has 0 radical (unpaired) electrons. The van der Waals surface area contributed by atoms with Gasteiger partial charge in [-0.1, -0.05) is 24.3 Å². The van der Waals surface area contributed by atoms with Crippen LogP contribution in [0, 0.1) is 17.0 Å². The first-order valence-corrected chi connectivity index (χ1v) is 6.96. The van der Waals surface area contributed by atoms with Gasteiger partial charge in [0.2, 0.25) is 0 Å². The van der Waals surface area contributed by atoms with E-state index in [9.17, 15) is 10.1 Å². The minimum absolute atomic E-state index is 0.0149. The van der Waals surface area contributed by atoms with Crippen LogP contribution in [0.3, 0.4) is 0 Å². The van der Waals surface area contributed by atoms with E-state index < -0.39 is 4.92 Å². The third-order valence-corrected chi connectivity index (χ3v) is 3.76. The molecule has 2 N–H and O–H groups in total. The van der Waals surface area contributed by atoms with Crippen molar-refractivity contribution in [1.82, 2.24) is 9.38 Å². The lowest BCUT2D eigenvalue weighted by molar-refractivity contribution is -0.385. The fourth-order valence-electron chi connectivity index (χ4n) is 2.48. The zero-order chi connectivity index (χ0) is 15.9. The number of hydrogen-bond acceptors (Lipinski definition) is 4. The molecule has 1 unspecified atom stereocenters. The maximum atomic E-state index is 10.9. The Hall–Kier alpha value is -2.73. The van der Waals surface area contributed by atoms with E-state index in [2.05, 4.69) is 4.98 Å². The number of nitrogens with two attached hydrogens (primary N) is 1. The van der Waals surface area contributed by atoms with E-state index in [-0.39, 0.29) is 11.7 Å². The minimum atomic E-state index is -0.407. The van der Waals surface area contributed by atoms with Gasteiger partial charge in [-0.15, -0.1) is 0 Å². The summed E-state index contributed by atoms with van der Waals surface area (Å²) in [7, 11) is 0. The molecule has 0 spiro atoms. The van der Waals surface area contributed by atoms with Crippen molar-refractivity contribution < 1.29 is 4.92 Å². The highest BCUT2D eigenvalue weighted by Gasteiger charge is 2.14. The van der Waals surface area contributed by atoms with Crippen LogP contribution in [0.25, 0.3) is 16.9 Å². The maximum Gasteiger partial charge on any atom is 0.286 e. The summed E-state index contributed by atoms with van der Waals surface area (Å²) in [6.07, 6.45) is 1.50. The van der Waals surface area contributed by atoms with Crippen molar-refractivity contribution in [3.63, 3.8) is 0 Å². The van der Waals surface area contributed by atoms with Crippen LogP contribution in [0.4, 0.5) is 5.69 Å². The number of nitro groups is 1. The Balaban J connectivity index is 2.11. The molecular formula is C16H16N4O2. The Morgan fingerprint density at radius 2 is 1.91 bits per heavy atom. The van der Waals surface area contributed by atoms with E-state index in [1.807, 2.05) is 38.1 Å². The second-order valence-corrected chi connectivity index (χ2v) is 5.33. The van der Waals surface area contributed by atoms with Crippen LogP contribution < -0.4 is 5.73 Å². The molecule has 0 aliphatic carbocycles. The fourth-order valence-corrected chi connectivity index (χ4v) is 2.48. The molecule has 6 heteroatoms. The second kappa shape index (κ2) is 5.23. The van der Waals surface area contributed by atoms with E-state index in [1.165, 1.54) is 12.3 Å². The molecule has 0 fully saturated rings. The second-order valence-electron chi connectivity index (χ2n) is 5.33. The highest BCUT2D eigenvalue weighted by Crippen LogP contribution is 2.26. The van der Waals surface area contributed by atoms with Gasteiger partial charge in [0.1, 0.15) is 5.65 Å². The van der Waals surface area contributed by atoms with Crippen LogP contribution in [-0.4, -0.2) is 14.3 Å². The van der Waals surface area contributed by atoms with Crippen molar-refractivity contribution in [1.29, 1.82) is 0 Å². The third kappa shape index (κ3) is 2.33. The van der Waals surface area contributed by atoms with Gasteiger partial charge in [0, 0.05) is 23.4 Å². The third-order valence-electron chi connectivity index (χ3n) is 3.76. The van der Waals surface area contributed by atoms with E-state index in [1.54, 1.807) is 10.5 Å². The average molecular weight is 296 g/mol. The summed E-state index contributed by atoms with van der Waals surface area (Å²) in [5.74, 6) is 0. The molecule has 0 aliphatic rings. The first-order chi connectivity index (χ1) is 10.5. The fraction of sp³-hybridized carbons (Fsp3) is 0.188. The molecule has 112 valence electrons. The quantitative estimate of drug-likeness (QED) is 0.593. The number of pyridine rings is 1. The van der Waals surface area contributed by atoms with Crippen molar-refractivity contribution in [2.45, 2.75) is 19.9 Å². The summed E-state index contributed by atoms with van der Waals surface area (Å²) in [6.45, 7) is 3.84. The molecule has 1 aromatic carbocycles. The van der Waals surface area contributed by atoms with Gasteiger partial charge in [-0.25, -0.2) is 4.98 Å². The predicted molar refractivity (Wildman–Crippen MR) is 84.6 cm³/mol. The van der Waals surface area contributed by atoms with Crippen molar-refractivity contribution >= 4 is 11.3 Å². The molecule has 0 amide bonds. The topological polar surface area (TPSA) is 86.5 Å². The lowest BCUT2D eigenvalue weighted by Gasteiger charge is -2.06. The number of nitrogens with zero attached hydrogens (tertiary/aromatic N) is 3. The van der Waals surface area contributed by atoms with E-state index in [0.29, 0.717) is 5.65 Å². The molecule has 22 heavy (non-hydrogen) atoms. The minimum Gasteiger partial charge on any atom is -0.324 e. The first-order valence-electron chi connectivity index (χ1n) is 6.96. The Morgan fingerprint density at radius 3 is 2.50 bits per heavy atom. The zero-order valence-electron chi connectivity index (χ0n) is 12.4. The Bertz CT molecular complexity index is 850. The van der Waals surface area contributed by atoms with Gasteiger partial charge in [0.05, 0.1) is 16.8 Å². The van der Waals surface area contributed by atoms with Gasteiger partial charge >= 0.3 is 0 Å². The molecule has 6 nitrogen and oxygen atoms in total. The number of aromatic nitrogens is 2. The van der Waals surface area contributed by atoms with Gasteiger partial charge in [0.25, 0.3) is 5.69 Å². The Labute approximate surface area is 127 Å². The monoisotopic (exact) mass is 296 g/mol. The van der Waals surface area contributed by atoms with Crippen LogP contribution in [0.15, 0.2) is 42.6 Å². The molecule has 0 bridgehead atoms. The smallest absolute Gasteiger partial charge is 0.286 e. The average Bonchev–Trinajstić information content (AvgIpc) is 2.84.